The molecule has 4 rings (SSSR count). The number of fused-ring (bicyclic) bond motifs is 1. The van der Waals surface area contributed by atoms with Crippen molar-refractivity contribution in [3.8, 4) is 11.6 Å². The summed E-state index contributed by atoms with van der Waals surface area (Å²) in [6.07, 6.45) is 3.07. The molecular formula is C21H17BrN2O3. The predicted molar refractivity (Wildman–Crippen MR) is 107 cm³/mol. The molecule has 136 valence electrons. The Labute approximate surface area is 164 Å². The largest absolute Gasteiger partial charge is 0.512 e. The molecule has 1 aromatic heterocycles. The van der Waals surface area contributed by atoms with Gasteiger partial charge in [-0.15, -0.1) is 0 Å². The summed E-state index contributed by atoms with van der Waals surface area (Å²) in [6.45, 7) is 2.02. The van der Waals surface area contributed by atoms with E-state index >= 15 is 0 Å². The number of carbonyl (C=O) groups is 1. The van der Waals surface area contributed by atoms with Crippen LogP contribution in [-0.2, 0) is 11.2 Å². The quantitative estimate of drug-likeness (QED) is 0.608. The Morgan fingerprint density at radius 3 is 2.74 bits per heavy atom. The van der Waals surface area contributed by atoms with E-state index in [1.54, 1.807) is 12.3 Å². The SMILES string of the molecule is CCc1ccc(Oc2cnc3ccc(Br)cc3n2)cc1C1=C(O)CCC1=O. The second-order valence-electron chi connectivity index (χ2n) is 6.36. The molecule has 0 atom stereocenters. The molecule has 5 nitrogen and oxygen atoms in total. The Kier molecular flexibility index (Phi) is 4.66. The smallest absolute Gasteiger partial charge is 0.238 e. The Morgan fingerprint density at radius 2 is 2.00 bits per heavy atom. The lowest BCUT2D eigenvalue weighted by atomic mass is 9.96. The van der Waals surface area contributed by atoms with Crippen LogP contribution in [-0.4, -0.2) is 20.9 Å². The van der Waals surface area contributed by atoms with E-state index in [4.69, 9.17) is 4.74 Å². The lowest BCUT2D eigenvalue weighted by Crippen LogP contribution is -2.01. The first-order chi connectivity index (χ1) is 13.0. The molecule has 0 spiro atoms. The van der Waals surface area contributed by atoms with Crippen molar-refractivity contribution in [2.45, 2.75) is 26.2 Å². The first-order valence-electron chi connectivity index (χ1n) is 8.74. The highest BCUT2D eigenvalue weighted by molar-refractivity contribution is 9.10. The topological polar surface area (TPSA) is 72.3 Å². The van der Waals surface area contributed by atoms with E-state index in [2.05, 4.69) is 25.9 Å². The molecule has 1 N–H and O–H groups in total. The average Bonchev–Trinajstić information content (AvgIpc) is 2.99. The van der Waals surface area contributed by atoms with Crippen LogP contribution < -0.4 is 4.74 Å². The first-order valence-corrected chi connectivity index (χ1v) is 9.53. The van der Waals surface area contributed by atoms with E-state index in [1.165, 1.54) is 0 Å². The minimum Gasteiger partial charge on any atom is -0.512 e. The van der Waals surface area contributed by atoms with Gasteiger partial charge < -0.3 is 9.84 Å². The van der Waals surface area contributed by atoms with Gasteiger partial charge in [-0.05, 0) is 47.9 Å². The summed E-state index contributed by atoms with van der Waals surface area (Å²) >= 11 is 3.43. The van der Waals surface area contributed by atoms with Crippen LogP contribution in [0.5, 0.6) is 11.6 Å². The summed E-state index contributed by atoms with van der Waals surface area (Å²) < 4.78 is 6.81. The van der Waals surface area contributed by atoms with Gasteiger partial charge in [0.15, 0.2) is 5.78 Å². The summed E-state index contributed by atoms with van der Waals surface area (Å²) in [4.78, 5) is 21.1. The second-order valence-corrected chi connectivity index (χ2v) is 7.28. The minimum absolute atomic E-state index is 0.0327. The maximum absolute atomic E-state index is 12.2. The van der Waals surface area contributed by atoms with Crippen molar-refractivity contribution >= 4 is 38.3 Å². The molecule has 1 heterocycles. The van der Waals surface area contributed by atoms with Crippen molar-refractivity contribution in [3.05, 3.63) is 64.0 Å². The number of allylic oxidation sites excluding steroid dienone is 2. The number of aliphatic hydroxyl groups excluding tert-OH is 1. The number of hydrogen-bond acceptors (Lipinski definition) is 5. The van der Waals surface area contributed by atoms with E-state index < -0.39 is 0 Å². The number of rotatable bonds is 4. The molecule has 27 heavy (non-hydrogen) atoms. The Morgan fingerprint density at radius 1 is 1.15 bits per heavy atom. The lowest BCUT2D eigenvalue weighted by molar-refractivity contribution is -0.113. The van der Waals surface area contributed by atoms with Gasteiger partial charge >= 0.3 is 0 Å². The van der Waals surface area contributed by atoms with Crippen LogP contribution >= 0.6 is 15.9 Å². The summed E-state index contributed by atoms with van der Waals surface area (Å²) in [5.74, 6) is 1.04. The van der Waals surface area contributed by atoms with Crippen LogP contribution in [0.4, 0.5) is 0 Å². The molecule has 0 saturated heterocycles. The summed E-state index contributed by atoms with van der Waals surface area (Å²) in [5, 5.41) is 10.1. The number of carbonyl (C=O) groups excluding carboxylic acids is 1. The van der Waals surface area contributed by atoms with Crippen molar-refractivity contribution in [2.75, 3.05) is 0 Å². The van der Waals surface area contributed by atoms with Gasteiger partial charge in [-0.2, -0.15) is 0 Å². The van der Waals surface area contributed by atoms with Crippen molar-refractivity contribution in [1.82, 2.24) is 9.97 Å². The number of aryl methyl sites for hydroxylation is 1. The number of Topliss-reactive ketones (excluding diaryl/α,β-unsaturated/α-hetero) is 1. The third-order valence-electron chi connectivity index (χ3n) is 4.59. The molecule has 0 saturated carbocycles. The standard InChI is InChI=1S/C21H17BrN2O3/c1-2-12-3-5-14(10-15(12)21-18(25)7-8-19(21)26)27-20-11-23-16-6-4-13(22)9-17(16)24-20/h3-6,9-11,25H,2,7-8H2,1H3. The van der Waals surface area contributed by atoms with Gasteiger partial charge in [-0.3, -0.25) is 4.79 Å². The van der Waals surface area contributed by atoms with Gasteiger partial charge in [0.05, 0.1) is 22.8 Å². The number of ether oxygens (including phenoxy) is 1. The molecule has 0 radical (unpaired) electrons. The molecular weight excluding hydrogens is 408 g/mol. The van der Waals surface area contributed by atoms with Gasteiger partial charge in [-0.1, -0.05) is 28.9 Å². The summed E-state index contributed by atoms with van der Waals surface area (Å²) in [7, 11) is 0. The van der Waals surface area contributed by atoms with Crippen molar-refractivity contribution in [3.63, 3.8) is 0 Å². The second kappa shape index (κ2) is 7.12. The molecule has 1 aliphatic rings. The van der Waals surface area contributed by atoms with Crippen LogP contribution in [0.2, 0.25) is 0 Å². The van der Waals surface area contributed by atoms with Crippen LogP contribution in [0, 0.1) is 0 Å². The van der Waals surface area contributed by atoms with Gasteiger partial charge in [-0.25, -0.2) is 9.97 Å². The molecule has 0 amide bonds. The zero-order valence-electron chi connectivity index (χ0n) is 14.7. The van der Waals surface area contributed by atoms with Crippen LogP contribution in [0.25, 0.3) is 16.6 Å². The number of aliphatic hydroxyl groups is 1. The monoisotopic (exact) mass is 424 g/mol. The number of ketones is 1. The minimum atomic E-state index is -0.0327. The average molecular weight is 425 g/mol. The van der Waals surface area contributed by atoms with Gasteiger partial charge in [0.1, 0.15) is 11.5 Å². The number of halogens is 1. The fraction of sp³-hybridized carbons (Fsp3) is 0.190. The third-order valence-corrected chi connectivity index (χ3v) is 5.09. The first kappa shape index (κ1) is 17.7. The Balaban J connectivity index is 1.72. The molecule has 0 unspecified atom stereocenters. The van der Waals surface area contributed by atoms with Crippen LogP contribution in [0.1, 0.15) is 30.9 Å². The van der Waals surface area contributed by atoms with E-state index in [1.807, 2.05) is 37.3 Å². The van der Waals surface area contributed by atoms with Crippen molar-refractivity contribution in [2.24, 2.45) is 0 Å². The maximum Gasteiger partial charge on any atom is 0.238 e. The van der Waals surface area contributed by atoms with Crippen molar-refractivity contribution < 1.29 is 14.6 Å². The Hall–Kier alpha value is -2.73. The molecule has 1 aliphatic carbocycles. The highest BCUT2D eigenvalue weighted by Crippen LogP contribution is 2.34. The summed E-state index contributed by atoms with van der Waals surface area (Å²) in [5.41, 5.74) is 3.63. The highest BCUT2D eigenvalue weighted by Gasteiger charge is 2.26. The normalized spacial score (nSPS) is 14.2. The fourth-order valence-corrected chi connectivity index (χ4v) is 3.60. The zero-order valence-corrected chi connectivity index (χ0v) is 16.3. The van der Waals surface area contributed by atoms with E-state index in [0.717, 1.165) is 33.1 Å². The van der Waals surface area contributed by atoms with E-state index in [0.29, 0.717) is 30.0 Å². The van der Waals surface area contributed by atoms with Gasteiger partial charge in [0.2, 0.25) is 5.88 Å². The van der Waals surface area contributed by atoms with Crippen molar-refractivity contribution in [1.29, 1.82) is 0 Å². The lowest BCUT2D eigenvalue weighted by Gasteiger charge is -2.12. The molecule has 6 heteroatoms. The summed E-state index contributed by atoms with van der Waals surface area (Å²) in [6, 6.07) is 11.2. The molecule has 0 fully saturated rings. The highest BCUT2D eigenvalue weighted by atomic mass is 79.9. The third kappa shape index (κ3) is 3.45. The van der Waals surface area contributed by atoms with Crippen LogP contribution in [0.3, 0.4) is 0 Å². The van der Waals surface area contributed by atoms with E-state index in [9.17, 15) is 9.90 Å². The number of hydrogen-bond donors (Lipinski definition) is 1. The zero-order chi connectivity index (χ0) is 19.0. The number of benzene rings is 2. The maximum atomic E-state index is 12.2. The molecule has 2 aromatic carbocycles. The number of aromatic nitrogens is 2. The van der Waals surface area contributed by atoms with E-state index in [-0.39, 0.29) is 11.5 Å². The predicted octanol–water partition coefficient (Wildman–Crippen LogP) is 5.38. The fourth-order valence-electron chi connectivity index (χ4n) is 3.25. The van der Waals surface area contributed by atoms with Crippen LogP contribution in [0.15, 0.2) is 52.8 Å². The molecule has 3 aromatic rings. The molecule has 0 bridgehead atoms. The van der Waals surface area contributed by atoms with Gasteiger partial charge in [0, 0.05) is 17.3 Å². The number of nitrogens with zero attached hydrogens (tertiary/aromatic N) is 2. The van der Waals surface area contributed by atoms with Gasteiger partial charge in [0.25, 0.3) is 0 Å². The Bertz CT molecular complexity index is 1090. The molecule has 0 aliphatic heterocycles.